The van der Waals surface area contributed by atoms with Crippen LogP contribution in [0.25, 0.3) is 10.9 Å². The summed E-state index contributed by atoms with van der Waals surface area (Å²) in [5.41, 5.74) is 3.67. The van der Waals surface area contributed by atoms with E-state index in [0.29, 0.717) is 11.3 Å². The molecule has 1 aliphatic carbocycles. The van der Waals surface area contributed by atoms with Gasteiger partial charge in [-0.15, -0.1) is 0 Å². The Bertz CT molecular complexity index is 948. The average molecular weight is 338 g/mol. The Morgan fingerprint density at radius 1 is 1.28 bits per heavy atom. The molecule has 2 aromatic carbocycles. The molecule has 3 aromatic rings. The zero-order chi connectivity index (χ0) is 17.4. The summed E-state index contributed by atoms with van der Waals surface area (Å²) in [5, 5.41) is 4.14. The maximum absolute atomic E-state index is 13.4. The standard InChI is InChI=1S/C20H19FN2O2/c1-25-19-5-3-2-4-15(19)20(24)22-13-7-9-17-16(11-13)14-8-6-12(21)10-18(14)23-17/h2-6,8,10,13,23H,7,9,11H2,1H3,(H,22,24). The van der Waals surface area contributed by atoms with Gasteiger partial charge in [0.25, 0.3) is 5.91 Å². The molecule has 2 N–H and O–H groups in total. The molecule has 4 rings (SSSR count). The highest BCUT2D eigenvalue weighted by Crippen LogP contribution is 2.30. The number of carbonyl (C=O) groups is 1. The number of ether oxygens (including phenoxy) is 1. The fraction of sp³-hybridized carbons (Fsp3) is 0.250. The van der Waals surface area contributed by atoms with Crippen LogP contribution in [0.2, 0.25) is 0 Å². The number of rotatable bonds is 3. The van der Waals surface area contributed by atoms with Crippen LogP contribution in [0.5, 0.6) is 5.75 Å². The number of amides is 1. The summed E-state index contributed by atoms with van der Waals surface area (Å²) in [6, 6.07) is 12.1. The van der Waals surface area contributed by atoms with E-state index in [2.05, 4.69) is 10.3 Å². The van der Waals surface area contributed by atoms with E-state index in [9.17, 15) is 9.18 Å². The maximum Gasteiger partial charge on any atom is 0.255 e. The highest BCUT2D eigenvalue weighted by atomic mass is 19.1. The molecule has 0 saturated carbocycles. The van der Waals surface area contributed by atoms with Gasteiger partial charge in [-0.25, -0.2) is 4.39 Å². The Morgan fingerprint density at radius 3 is 2.96 bits per heavy atom. The Hall–Kier alpha value is -2.82. The second-order valence-electron chi connectivity index (χ2n) is 6.39. The van der Waals surface area contributed by atoms with Crippen LogP contribution in [0, 0.1) is 5.82 Å². The van der Waals surface area contributed by atoms with Gasteiger partial charge in [-0.2, -0.15) is 0 Å². The van der Waals surface area contributed by atoms with Gasteiger partial charge in [0.1, 0.15) is 11.6 Å². The third-order valence-corrected chi connectivity index (χ3v) is 4.84. The maximum atomic E-state index is 13.4. The van der Waals surface area contributed by atoms with E-state index in [4.69, 9.17) is 4.74 Å². The minimum absolute atomic E-state index is 0.0500. The highest BCUT2D eigenvalue weighted by molar-refractivity contribution is 5.97. The topological polar surface area (TPSA) is 54.1 Å². The third-order valence-electron chi connectivity index (χ3n) is 4.84. The Labute approximate surface area is 145 Å². The number of methoxy groups -OCH3 is 1. The predicted molar refractivity (Wildman–Crippen MR) is 94.5 cm³/mol. The molecule has 1 heterocycles. The second-order valence-corrected chi connectivity index (χ2v) is 6.39. The fourth-order valence-corrected chi connectivity index (χ4v) is 3.62. The number of fused-ring (bicyclic) bond motifs is 3. The molecule has 1 aliphatic rings. The number of carbonyl (C=O) groups excluding carboxylic acids is 1. The molecule has 25 heavy (non-hydrogen) atoms. The first kappa shape index (κ1) is 15.7. The quantitative estimate of drug-likeness (QED) is 0.767. The first-order valence-electron chi connectivity index (χ1n) is 8.38. The molecule has 4 nitrogen and oxygen atoms in total. The van der Waals surface area contributed by atoms with Crippen LogP contribution in [0.3, 0.4) is 0 Å². The van der Waals surface area contributed by atoms with Crippen LogP contribution in [0.1, 0.15) is 28.0 Å². The van der Waals surface area contributed by atoms with Crippen molar-refractivity contribution in [3.63, 3.8) is 0 Å². The monoisotopic (exact) mass is 338 g/mol. The van der Waals surface area contributed by atoms with Crippen LogP contribution in [0.15, 0.2) is 42.5 Å². The van der Waals surface area contributed by atoms with Crippen molar-refractivity contribution in [3.05, 3.63) is 65.1 Å². The molecule has 0 spiro atoms. The Kier molecular flexibility index (Phi) is 3.92. The third kappa shape index (κ3) is 2.86. The van der Waals surface area contributed by atoms with Gasteiger partial charge >= 0.3 is 0 Å². The summed E-state index contributed by atoms with van der Waals surface area (Å²) in [6.45, 7) is 0. The van der Waals surface area contributed by atoms with Crippen molar-refractivity contribution in [1.29, 1.82) is 0 Å². The molecular weight excluding hydrogens is 319 g/mol. The normalized spacial score (nSPS) is 16.5. The number of hydrogen-bond donors (Lipinski definition) is 2. The summed E-state index contributed by atoms with van der Waals surface area (Å²) in [4.78, 5) is 15.9. The van der Waals surface area contributed by atoms with Crippen molar-refractivity contribution in [3.8, 4) is 5.75 Å². The zero-order valence-electron chi connectivity index (χ0n) is 13.9. The largest absolute Gasteiger partial charge is 0.496 e. The van der Waals surface area contributed by atoms with Crippen molar-refractivity contribution in [2.45, 2.75) is 25.3 Å². The van der Waals surface area contributed by atoms with Gasteiger partial charge in [-0.05, 0) is 55.2 Å². The van der Waals surface area contributed by atoms with Gasteiger partial charge < -0.3 is 15.0 Å². The number of benzene rings is 2. The molecule has 1 atom stereocenters. The minimum Gasteiger partial charge on any atom is -0.496 e. The smallest absolute Gasteiger partial charge is 0.255 e. The van der Waals surface area contributed by atoms with E-state index in [1.54, 1.807) is 19.2 Å². The van der Waals surface area contributed by atoms with Crippen LogP contribution < -0.4 is 10.1 Å². The minimum atomic E-state index is -0.243. The SMILES string of the molecule is COc1ccccc1C(=O)NC1CCc2[nH]c3cc(F)ccc3c2C1. The van der Waals surface area contributed by atoms with Crippen molar-refractivity contribution in [2.75, 3.05) is 7.11 Å². The first-order valence-corrected chi connectivity index (χ1v) is 8.38. The number of nitrogens with one attached hydrogen (secondary N) is 2. The number of halogens is 1. The number of aromatic nitrogens is 1. The Morgan fingerprint density at radius 2 is 2.12 bits per heavy atom. The van der Waals surface area contributed by atoms with Crippen molar-refractivity contribution in [2.24, 2.45) is 0 Å². The molecule has 1 aromatic heterocycles. The number of para-hydroxylation sites is 1. The first-order chi connectivity index (χ1) is 12.2. The van der Waals surface area contributed by atoms with E-state index in [1.807, 2.05) is 18.2 Å². The van der Waals surface area contributed by atoms with E-state index in [-0.39, 0.29) is 17.8 Å². The summed E-state index contributed by atoms with van der Waals surface area (Å²) in [5.74, 6) is 0.197. The Balaban J connectivity index is 1.56. The molecule has 128 valence electrons. The van der Waals surface area contributed by atoms with E-state index in [0.717, 1.165) is 35.9 Å². The van der Waals surface area contributed by atoms with Gasteiger partial charge in [0, 0.05) is 22.6 Å². The van der Waals surface area contributed by atoms with E-state index >= 15 is 0 Å². The van der Waals surface area contributed by atoms with Crippen LogP contribution in [-0.2, 0) is 12.8 Å². The lowest BCUT2D eigenvalue weighted by Gasteiger charge is -2.24. The number of hydrogen-bond acceptors (Lipinski definition) is 2. The molecule has 0 radical (unpaired) electrons. The van der Waals surface area contributed by atoms with Crippen LogP contribution in [-0.4, -0.2) is 24.0 Å². The van der Waals surface area contributed by atoms with Gasteiger partial charge in [0.2, 0.25) is 0 Å². The fourth-order valence-electron chi connectivity index (χ4n) is 3.62. The molecule has 1 amide bonds. The molecular formula is C20H19FN2O2. The highest BCUT2D eigenvalue weighted by Gasteiger charge is 2.25. The van der Waals surface area contributed by atoms with Gasteiger partial charge in [0.05, 0.1) is 12.7 Å². The van der Waals surface area contributed by atoms with Crippen molar-refractivity contribution < 1.29 is 13.9 Å². The molecule has 0 fully saturated rings. The molecule has 0 bridgehead atoms. The lowest BCUT2D eigenvalue weighted by molar-refractivity contribution is 0.0930. The number of aromatic amines is 1. The molecule has 0 saturated heterocycles. The molecule has 0 aliphatic heterocycles. The van der Waals surface area contributed by atoms with Gasteiger partial charge in [0.15, 0.2) is 0 Å². The van der Waals surface area contributed by atoms with E-state index in [1.165, 1.54) is 17.7 Å². The van der Waals surface area contributed by atoms with Gasteiger partial charge in [-0.3, -0.25) is 4.79 Å². The number of H-pyrrole nitrogens is 1. The van der Waals surface area contributed by atoms with Crippen LogP contribution >= 0.6 is 0 Å². The zero-order valence-corrected chi connectivity index (χ0v) is 13.9. The van der Waals surface area contributed by atoms with Crippen molar-refractivity contribution >= 4 is 16.8 Å². The molecule has 1 unspecified atom stereocenters. The summed E-state index contributed by atoms with van der Waals surface area (Å²) >= 11 is 0. The average Bonchev–Trinajstić information content (AvgIpc) is 2.98. The summed E-state index contributed by atoms with van der Waals surface area (Å²) in [6.07, 6.45) is 2.42. The second kappa shape index (κ2) is 6.24. The summed E-state index contributed by atoms with van der Waals surface area (Å²) in [7, 11) is 1.56. The van der Waals surface area contributed by atoms with Crippen molar-refractivity contribution in [1.82, 2.24) is 10.3 Å². The lowest BCUT2D eigenvalue weighted by atomic mass is 9.91. The summed E-state index contributed by atoms with van der Waals surface area (Å²) < 4.78 is 18.7. The molecule has 5 heteroatoms. The van der Waals surface area contributed by atoms with Gasteiger partial charge in [-0.1, -0.05) is 12.1 Å². The van der Waals surface area contributed by atoms with Crippen LogP contribution in [0.4, 0.5) is 4.39 Å². The lowest BCUT2D eigenvalue weighted by Crippen LogP contribution is -2.38. The predicted octanol–water partition coefficient (Wildman–Crippen LogP) is 3.60. The van der Waals surface area contributed by atoms with E-state index < -0.39 is 0 Å². The number of aryl methyl sites for hydroxylation is 1.